The van der Waals surface area contributed by atoms with Crippen molar-refractivity contribution in [3.8, 4) is 12.3 Å². The molecule has 0 unspecified atom stereocenters. The number of nitrogens with zero attached hydrogens (tertiary/aromatic N) is 5. The molecule has 0 fully saturated rings. The first-order chi connectivity index (χ1) is 6.74. The molecule has 0 aliphatic carbocycles. The van der Waals surface area contributed by atoms with Gasteiger partial charge in [-0.15, -0.1) is 11.5 Å². The summed E-state index contributed by atoms with van der Waals surface area (Å²) in [5.41, 5.74) is 0.118. The Morgan fingerprint density at radius 2 is 2.43 bits per heavy atom. The quantitative estimate of drug-likeness (QED) is 0.527. The number of hydrogen-bond donors (Lipinski definition) is 0. The minimum absolute atomic E-state index is 0.108. The first-order valence-corrected chi connectivity index (χ1v) is 4.71. The zero-order chi connectivity index (χ0) is 10.1. The highest BCUT2D eigenvalue weighted by Gasteiger charge is 2.07. The van der Waals surface area contributed by atoms with Gasteiger partial charge in [-0.3, -0.25) is 0 Å². The number of halogens is 1. The van der Waals surface area contributed by atoms with Gasteiger partial charge >= 0.3 is 5.69 Å². The fraction of sp³-hybridized carbons (Fsp3) is 0.143. The molecule has 2 rings (SSSR count). The van der Waals surface area contributed by atoms with Gasteiger partial charge in [0.15, 0.2) is 5.65 Å². The largest absolute Gasteiger partial charge is 0.353 e. The zero-order valence-electron chi connectivity index (χ0n) is 6.88. The Bertz CT molecular complexity index is 578. The molecule has 0 aromatic carbocycles. The van der Waals surface area contributed by atoms with Crippen molar-refractivity contribution in [1.82, 2.24) is 24.4 Å². The van der Waals surface area contributed by atoms with Gasteiger partial charge in [0.05, 0.1) is 0 Å². The van der Waals surface area contributed by atoms with E-state index in [2.05, 4.69) is 21.2 Å². The van der Waals surface area contributed by atoms with Gasteiger partial charge in [0.2, 0.25) is 0 Å². The zero-order valence-corrected chi connectivity index (χ0v) is 9.04. The average molecular weight is 301 g/mol. The summed E-state index contributed by atoms with van der Waals surface area (Å²) in [6, 6.07) is 0. The number of aromatic nitrogens is 5. The van der Waals surface area contributed by atoms with E-state index in [0.29, 0.717) is 9.35 Å². The third-order valence-corrected chi connectivity index (χ3v) is 2.38. The van der Waals surface area contributed by atoms with Crippen LogP contribution in [-0.4, -0.2) is 24.4 Å². The van der Waals surface area contributed by atoms with Gasteiger partial charge in [0, 0.05) is 0 Å². The van der Waals surface area contributed by atoms with E-state index in [0.717, 1.165) is 4.68 Å². The summed E-state index contributed by atoms with van der Waals surface area (Å²) in [5, 5.41) is 7.51. The van der Waals surface area contributed by atoms with E-state index in [9.17, 15) is 4.79 Å². The molecule has 7 heteroatoms. The first kappa shape index (κ1) is 9.14. The number of fused-ring (bicyclic) bond motifs is 1. The molecule has 14 heavy (non-hydrogen) atoms. The van der Waals surface area contributed by atoms with Gasteiger partial charge in [-0.05, 0) is 22.6 Å². The second-order valence-electron chi connectivity index (χ2n) is 2.46. The summed E-state index contributed by atoms with van der Waals surface area (Å²) < 4.78 is 3.05. The monoisotopic (exact) mass is 301 g/mol. The van der Waals surface area contributed by atoms with Crippen LogP contribution in [0.2, 0.25) is 0 Å². The maximum Gasteiger partial charge on any atom is 0.353 e. The second kappa shape index (κ2) is 3.38. The van der Waals surface area contributed by atoms with E-state index in [4.69, 9.17) is 6.42 Å². The van der Waals surface area contributed by atoms with Crippen molar-refractivity contribution < 1.29 is 0 Å². The Hall–Kier alpha value is -1.43. The maximum absolute atomic E-state index is 11.6. The van der Waals surface area contributed by atoms with Crippen LogP contribution in [0.15, 0.2) is 11.1 Å². The lowest BCUT2D eigenvalue weighted by atomic mass is 10.7. The van der Waals surface area contributed by atoms with Gasteiger partial charge in [0.25, 0.3) is 0 Å². The highest BCUT2D eigenvalue weighted by Crippen LogP contribution is 2.04. The molecule has 0 atom stereocenters. The molecule has 2 aromatic rings. The lowest BCUT2D eigenvalue weighted by Crippen LogP contribution is -2.29. The van der Waals surface area contributed by atoms with Crippen LogP contribution in [0.3, 0.4) is 0 Å². The van der Waals surface area contributed by atoms with Crippen LogP contribution in [0, 0.1) is 16.0 Å². The molecule has 0 aliphatic rings. The van der Waals surface area contributed by atoms with E-state index >= 15 is 0 Å². The Morgan fingerprint density at radius 1 is 1.64 bits per heavy atom. The van der Waals surface area contributed by atoms with E-state index < -0.39 is 0 Å². The Kier molecular flexibility index (Phi) is 2.20. The van der Waals surface area contributed by atoms with Crippen LogP contribution in [-0.2, 0) is 6.54 Å². The first-order valence-electron chi connectivity index (χ1n) is 3.64. The molecule has 0 saturated heterocycles. The van der Waals surface area contributed by atoms with Gasteiger partial charge in [-0.25, -0.2) is 14.2 Å². The average Bonchev–Trinajstić information content (AvgIpc) is 2.54. The highest BCUT2D eigenvalue weighted by molar-refractivity contribution is 14.1. The summed E-state index contributed by atoms with van der Waals surface area (Å²) in [6.07, 6.45) is 6.48. The number of terminal acetylenes is 1. The lowest BCUT2D eigenvalue weighted by Gasteiger charge is -1.97. The molecule has 70 valence electrons. The Balaban J connectivity index is 2.78. The third kappa shape index (κ3) is 1.27. The van der Waals surface area contributed by atoms with Crippen molar-refractivity contribution >= 4 is 28.2 Å². The maximum atomic E-state index is 11.6. The van der Waals surface area contributed by atoms with Crippen LogP contribution in [0.5, 0.6) is 0 Å². The Labute approximate surface area is 92.1 Å². The van der Waals surface area contributed by atoms with Crippen LogP contribution < -0.4 is 5.69 Å². The van der Waals surface area contributed by atoms with E-state index in [1.165, 1.54) is 10.7 Å². The molecule has 0 bridgehead atoms. The van der Waals surface area contributed by atoms with Gasteiger partial charge < -0.3 is 0 Å². The van der Waals surface area contributed by atoms with Crippen LogP contribution >= 0.6 is 22.6 Å². The molecule has 0 N–H and O–H groups in total. The van der Waals surface area contributed by atoms with Crippen molar-refractivity contribution in [2.75, 3.05) is 0 Å². The van der Waals surface area contributed by atoms with Gasteiger partial charge in [-0.2, -0.15) is 4.68 Å². The molecule has 0 amide bonds. The standard InChI is InChI=1S/C7H4IN5O/c1-2-3-13-7(14)12-4-9-5(8)6(12)10-11-13/h1,4H,3H2. The molecule has 2 heterocycles. The van der Waals surface area contributed by atoms with Crippen LogP contribution in [0.1, 0.15) is 0 Å². The minimum Gasteiger partial charge on any atom is -0.245 e. The van der Waals surface area contributed by atoms with E-state index in [-0.39, 0.29) is 12.2 Å². The fourth-order valence-corrected chi connectivity index (χ4v) is 1.49. The number of hydrogen-bond acceptors (Lipinski definition) is 4. The summed E-state index contributed by atoms with van der Waals surface area (Å²) in [7, 11) is 0. The van der Waals surface area contributed by atoms with Crippen LogP contribution in [0.25, 0.3) is 5.65 Å². The van der Waals surface area contributed by atoms with Gasteiger partial charge in [0.1, 0.15) is 16.6 Å². The molecular formula is C7H4IN5O. The summed E-state index contributed by atoms with van der Waals surface area (Å²) in [5.74, 6) is 2.32. The molecular weight excluding hydrogens is 297 g/mol. The van der Waals surface area contributed by atoms with Crippen molar-refractivity contribution in [3.63, 3.8) is 0 Å². The molecule has 2 aromatic heterocycles. The molecule has 0 radical (unpaired) electrons. The van der Waals surface area contributed by atoms with Crippen molar-refractivity contribution in [2.24, 2.45) is 0 Å². The molecule has 0 aliphatic heterocycles. The van der Waals surface area contributed by atoms with Crippen molar-refractivity contribution in [2.45, 2.75) is 6.54 Å². The highest BCUT2D eigenvalue weighted by atomic mass is 127. The van der Waals surface area contributed by atoms with E-state index in [1.807, 2.05) is 22.6 Å². The van der Waals surface area contributed by atoms with Crippen molar-refractivity contribution in [3.05, 3.63) is 20.5 Å². The minimum atomic E-state index is -0.330. The Morgan fingerprint density at radius 3 is 3.14 bits per heavy atom. The predicted molar refractivity (Wildman–Crippen MR) is 56.6 cm³/mol. The lowest BCUT2D eigenvalue weighted by molar-refractivity contribution is 0.576. The predicted octanol–water partition coefficient (Wildman–Crippen LogP) is -0.476. The number of imidazole rings is 1. The topological polar surface area (TPSA) is 65.1 Å². The third-order valence-electron chi connectivity index (χ3n) is 1.61. The molecule has 6 nitrogen and oxygen atoms in total. The molecule has 0 saturated carbocycles. The second-order valence-corrected chi connectivity index (χ2v) is 3.48. The smallest absolute Gasteiger partial charge is 0.245 e. The number of rotatable bonds is 1. The normalized spacial score (nSPS) is 10.3. The summed E-state index contributed by atoms with van der Waals surface area (Å²) in [4.78, 5) is 15.6. The summed E-state index contributed by atoms with van der Waals surface area (Å²) >= 11 is 1.98. The van der Waals surface area contributed by atoms with Crippen LogP contribution in [0.4, 0.5) is 0 Å². The fourth-order valence-electron chi connectivity index (χ4n) is 0.994. The SMILES string of the molecule is C#CCn1nnc2c(I)ncn2c1=O. The summed E-state index contributed by atoms with van der Waals surface area (Å²) in [6.45, 7) is 0.108. The van der Waals surface area contributed by atoms with E-state index in [1.54, 1.807) is 0 Å². The van der Waals surface area contributed by atoms with Gasteiger partial charge in [-0.1, -0.05) is 11.1 Å². The molecule has 0 spiro atoms. The van der Waals surface area contributed by atoms with Crippen molar-refractivity contribution in [1.29, 1.82) is 0 Å².